The lowest BCUT2D eigenvalue weighted by Gasteiger charge is -2.29. The van der Waals surface area contributed by atoms with Gasteiger partial charge in [-0.2, -0.15) is 5.26 Å². The summed E-state index contributed by atoms with van der Waals surface area (Å²) in [6.07, 6.45) is 2.23. The standard InChI is InChI=1S/C15H20N2O2/c1-3-18-15-5-4-12(10-16)9-14(15)17-13-6-7-19-11(2)8-13/h4-5,9,11,13,17H,3,6-8H2,1-2H3/t11-,13+/m0/s1. The summed E-state index contributed by atoms with van der Waals surface area (Å²) in [6.45, 7) is 5.44. The molecule has 0 aromatic heterocycles. The van der Waals surface area contributed by atoms with Crippen LogP contribution in [0.15, 0.2) is 18.2 Å². The molecule has 0 amide bonds. The number of nitrogens with one attached hydrogen (secondary N) is 1. The number of anilines is 1. The third kappa shape index (κ3) is 3.62. The number of hydrogen-bond donors (Lipinski definition) is 1. The van der Waals surface area contributed by atoms with Crippen molar-refractivity contribution >= 4 is 5.69 Å². The fourth-order valence-electron chi connectivity index (χ4n) is 2.34. The Balaban J connectivity index is 2.14. The molecule has 0 saturated carbocycles. The lowest BCUT2D eigenvalue weighted by molar-refractivity contribution is 0.0232. The molecule has 0 aliphatic carbocycles. The summed E-state index contributed by atoms with van der Waals surface area (Å²) in [6, 6.07) is 8.02. The molecule has 1 aromatic carbocycles. The van der Waals surface area contributed by atoms with Crippen molar-refractivity contribution in [2.45, 2.75) is 38.8 Å². The Morgan fingerprint density at radius 1 is 1.53 bits per heavy atom. The molecule has 1 heterocycles. The summed E-state index contributed by atoms with van der Waals surface area (Å²) in [4.78, 5) is 0. The first-order valence-electron chi connectivity index (χ1n) is 6.78. The first kappa shape index (κ1) is 13.7. The lowest BCUT2D eigenvalue weighted by Crippen LogP contribution is -2.32. The van der Waals surface area contributed by atoms with E-state index in [1.165, 1.54) is 0 Å². The second-order valence-electron chi connectivity index (χ2n) is 4.80. The summed E-state index contributed by atoms with van der Waals surface area (Å²) >= 11 is 0. The van der Waals surface area contributed by atoms with E-state index in [-0.39, 0.29) is 6.10 Å². The van der Waals surface area contributed by atoms with Crippen molar-refractivity contribution in [3.63, 3.8) is 0 Å². The van der Waals surface area contributed by atoms with Crippen LogP contribution < -0.4 is 10.1 Å². The molecule has 1 aliphatic heterocycles. The minimum absolute atomic E-state index is 0.279. The molecule has 2 rings (SSSR count). The number of nitrogens with zero attached hydrogens (tertiary/aromatic N) is 1. The van der Waals surface area contributed by atoms with Crippen LogP contribution in [0.4, 0.5) is 5.69 Å². The van der Waals surface area contributed by atoms with Gasteiger partial charge < -0.3 is 14.8 Å². The van der Waals surface area contributed by atoms with Crippen LogP contribution >= 0.6 is 0 Å². The first-order chi connectivity index (χ1) is 9.22. The number of benzene rings is 1. The maximum absolute atomic E-state index is 8.99. The Morgan fingerprint density at radius 2 is 2.37 bits per heavy atom. The van der Waals surface area contributed by atoms with E-state index in [9.17, 15) is 0 Å². The van der Waals surface area contributed by atoms with E-state index in [1.54, 1.807) is 6.07 Å². The maximum atomic E-state index is 8.99. The Kier molecular flexibility index (Phi) is 4.64. The van der Waals surface area contributed by atoms with Gasteiger partial charge in [-0.25, -0.2) is 0 Å². The number of rotatable bonds is 4. The summed E-state index contributed by atoms with van der Waals surface area (Å²) in [5, 5.41) is 12.5. The van der Waals surface area contributed by atoms with E-state index in [1.807, 2.05) is 19.1 Å². The number of hydrogen-bond acceptors (Lipinski definition) is 4. The van der Waals surface area contributed by atoms with Crippen LogP contribution in [0.2, 0.25) is 0 Å². The van der Waals surface area contributed by atoms with Gasteiger partial charge in [0.2, 0.25) is 0 Å². The fourth-order valence-corrected chi connectivity index (χ4v) is 2.34. The van der Waals surface area contributed by atoms with Crippen LogP contribution in [0.3, 0.4) is 0 Å². The maximum Gasteiger partial charge on any atom is 0.142 e. The van der Waals surface area contributed by atoms with Crippen LogP contribution in [0.5, 0.6) is 5.75 Å². The Labute approximate surface area is 114 Å². The monoisotopic (exact) mass is 260 g/mol. The molecule has 0 radical (unpaired) electrons. The predicted octanol–water partition coefficient (Wildman–Crippen LogP) is 2.94. The second-order valence-corrected chi connectivity index (χ2v) is 4.80. The Bertz CT molecular complexity index is 468. The third-order valence-corrected chi connectivity index (χ3v) is 3.25. The molecule has 19 heavy (non-hydrogen) atoms. The van der Waals surface area contributed by atoms with Crippen LogP contribution in [-0.2, 0) is 4.74 Å². The predicted molar refractivity (Wildman–Crippen MR) is 74.4 cm³/mol. The minimum Gasteiger partial charge on any atom is -0.492 e. The average molecular weight is 260 g/mol. The van der Waals surface area contributed by atoms with Gasteiger partial charge in [-0.3, -0.25) is 0 Å². The highest BCUT2D eigenvalue weighted by atomic mass is 16.5. The molecule has 1 aromatic rings. The van der Waals surface area contributed by atoms with E-state index in [2.05, 4.69) is 18.3 Å². The van der Waals surface area contributed by atoms with Crippen LogP contribution in [0.1, 0.15) is 32.3 Å². The minimum atomic E-state index is 0.279. The van der Waals surface area contributed by atoms with Crippen LogP contribution in [0.25, 0.3) is 0 Å². The molecule has 0 unspecified atom stereocenters. The summed E-state index contributed by atoms with van der Waals surface area (Å²) in [5.74, 6) is 0.806. The SMILES string of the molecule is CCOc1ccc(C#N)cc1N[C@@H]1CCO[C@@H](C)C1. The van der Waals surface area contributed by atoms with E-state index >= 15 is 0 Å². The van der Waals surface area contributed by atoms with Crippen molar-refractivity contribution in [1.82, 2.24) is 0 Å². The normalized spacial score (nSPS) is 22.6. The molecule has 4 heteroatoms. The van der Waals surface area contributed by atoms with Gasteiger partial charge in [0.05, 0.1) is 30.0 Å². The molecule has 2 atom stereocenters. The summed E-state index contributed by atoms with van der Waals surface area (Å²) in [5.41, 5.74) is 1.55. The Hall–Kier alpha value is -1.73. The van der Waals surface area contributed by atoms with E-state index in [0.717, 1.165) is 30.9 Å². The topological polar surface area (TPSA) is 54.3 Å². The van der Waals surface area contributed by atoms with Crippen LogP contribution in [0, 0.1) is 11.3 Å². The van der Waals surface area contributed by atoms with E-state index in [0.29, 0.717) is 18.2 Å². The van der Waals surface area contributed by atoms with Crippen molar-refractivity contribution in [3.05, 3.63) is 23.8 Å². The van der Waals surface area contributed by atoms with Gasteiger partial charge in [0.15, 0.2) is 0 Å². The van der Waals surface area contributed by atoms with Gasteiger partial charge in [-0.05, 0) is 44.9 Å². The van der Waals surface area contributed by atoms with Gasteiger partial charge in [0, 0.05) is 12.6 Å². The summed E-state index contributed by atoms with van der Waals surface area (Å²) in [7, 11) is 0. The van der Waals surface area contributed by atoms with Crippen LogP contribution in [-0.4, -0.2) is 25.4 Å². The zero-order valence-corrected chi connectivity index (χ0v) is 11.5. The third-order valence-electron chi connectivity index (χ3n) is 3.25. The molecule has 1 aliphatic rings. The zero-order valence-electron chi connectivity index (χ0n) is 11.5. The van der Waals surface area contributed by atoms with Gasteiger partial charge >= 0.3 is 0 Å². The molecule has 1 saturated heterocycles. The number of nitriles is 1. The number of ether oxygens (including phenoxy) is 2. The Morgan fingerprint density at radius 3 is 3.05 bits per heavy atom. The molecule has 4 nitrogen and oxygen atoms in total. The second kappa shape index (κ2) is 6.44. The average Bonchev–Trinajstić information content (AvgIpc) is 2.41. The molecule has 1 fully saturated rings. The van der Waals surface area contributed by atoms with Crippen molar-refractivity contribution in [1.29, 1.82) is 5.26 Å². The van der Waals surface area contributed by atoms with Gasteiger partial charge in [0.1, 0.15) is 5.75 Å². The van der Waals surface area contributed by atoms with E-state index < -0.39 is 0 Å². The summed E-state index contributed by atoms with van der Waals surface area (Å²) < 4.78 is 11.1. The molecule has 102 valence electrons. The van der Waals surface area contributed by atoms with E-state index in [4.69, 9.17) is 14.7 Å². The van der Waals surface area contributed by atoms with Crippen molar-refractivity contribution in [2.75, 3.05) is 18.5 Å². The zero-order chi connectivity index (χ0) is 13.7. The molecular formula is C15H20N2O2. The highest BCUT2D eigenvalue weighted by Crippen LogP contribution is 2.28. The molecule has 0 bridgehead atoms. The molecule has 1 N–H and O–H groups in total. The van der Waals surface area contributed by atoms with Crippen molar-refractivity contribution in [2.24, 2.45) is 0 Å². The van der Waals surface area contributed by atoms with Crippen molar-refractivity contribution < 1.29 is 9.47 Å². The lowest BCUT2D eigenvalue weighted by atomic mass is 10.0. The highest BCUT2D eigenvalue weighted by molar-refractivity contribution is 5.60. The van der Waals surface area contributed by atoms with Gasteiger partial charge in [-0.1, -0.05) is 0 Å². The largest absolute Gasteiger partial charge is 0.492 e. The highest BCUT2D eigenvalue weighted by Gasteiger charge is 2.20. The molecular weight excluding hydrogens is 240 g/mol. The smallest absolute Gasteiger partial charge is 0.142 e. The van der Waals surface area contributed by atoms with Gasteiger partial charge in [-0.15, -0.1) is 0 Å². The quantitative estimate of drug-likeness (QED) is 0.904. The van der Waals surface area contributed by atoms with Gasteiger partial charge in [0.25, 0.3) is 0 Å². The fraction of sp³-hybridized carbons (Fsp3) is 0.533. The van der Waals surface area contributed by atoms with Crippen molar-refractivity contribution in [3.8, 4) is 11.8 Å². The molecule has 0 spiro atoms. The first-order valence-corrected chi connectivity index (χ1v) is 6.78.